The Morgan fingerprint density at radius 1 is 1.19 bits per heavy atom. The van der Waals surface area contributed by atoms with Crippen LogP contribution < -0.4 is 4.31 Å². The fourth-order valence-corrected chi connectivity index (χ4v) is 4.86. The van der Waals surface area contributed by atoms with Crippen LogP contribution in [0.5, 0.6) is 0 Å². The van der Waals surface area contributed by atoms with Crippen LogP contribution in [0.25, 0.3) is 11.4 Å². The number of benzene rings is 2. The standard InChI is InChI=1S/C21H24ClFN4O3S/c1-4-5-11-27(31(28,29)15-9-7-6-8-10-15)19-13-18(23)17(22)12-16(19)21-25-24-20(14-30-3)26(21)2/h6-10,12-13H,4-5,11,14H2,1-3H3. The molecule has 1 heterocycles. The highest BCUT2D eigenvalue weighted by Crippen LogP contribution is 2.37. The number of unbranched alkanes of at least 4 members (excludes halogenated alkanes) is 1. The van der Waals surface area contributed by atoms with Crippen molar-refractivity contribution < 1.29 is 17.5 Å². The van der Waals surface area contributed by atoms with E-state index in [1.807, 2.05) is 6.92 Å². The van der Waals surface area contributed by atoms with Gasteiger partial charge in [0.15, 0.2) is 11.6 Å². The van der Waals surface area contributed by atoms with Crippen molar-refractivity contribution in [3.05, 3.63) is 59.1 Å². The predicted octanol–water partition coefficient (Wildman–Crippen LogP) is 4.42. The lowest BCUT2D eigenvalue weighted by molar-refractivity contribution is 0.175. The summed E-state index contributed by atoms with van der Waals surface area (Å²) >= 11 is 6.07. The molecule has 0 unspecified atom stereocenters. The summed E-state index contributed by atoms with van der Waals surface area (Å²) in [6.07, 6.45) is 1.34. The molecule has 0 saturated carbocycles. The third kappa shape index (κ3) is 4.73. The number of rotatable bonds is 9. The van der Waals surface area contributed by atoms with Gasteiger partial charge in [-0.25, -0.2) is 12.8 Å². The Bertz CT molecular complexity index is 1150. The number of halogens is 2. The van der Waals surface area contributed by atoms with E-state index in [-0.39, 0.29) is 28.8 Å². The number of aromatic nitrogens is 3. The first-order chi connectivity index (χ1) is 14.8. The summed E-state index contributed by atoms with van der Waals surface area (Å²) in [7, 11) is -0.697. The third-order valence-corrected chi connectivity index (χ3v) is 6.95. The number of hydrogen-bond acceptors (Lipinski definition) is 5. The molecular weight excluding hydrogens is 443 g/mol. The topological polar surface area (TPSA) is 77.3 Å². The summed E-state index contributed by atoms with van der Waals surface area (Å²) < 4.78 is 49.6. The molecule has 0 aliphatic heterocycles. The lowest BCUT2D eigenvalue weighted by Gasteiger charge is -2.27. The normalized spacial score (nSPS) is 11.6. The summed E-state index contributed by atoms with van der Waals surface area (Å²) in [4.78, 5) is 0.116. The van der Waals surface area contributed by atoms with Crippen molar-refractivity contribution in [1.29, 1.82) is 0 Å². The zero-order valence-corrected chi connectivity index (χ0v) is 19.1. The van der Waals surface area contributed by atoms with E-state index in [4.69, 9.17) is 16.3 Å². The van der Waals surface area contributed by atoms with E-state index in [0.29, 0.717) is 23.6 Å². The molecule has 0 spiro atoms. The lowest BCUT2D eigenvalue weighted by Crippen LogP contribution is -2.32. The number of nitrogens with zero attached hydrogens (tertiary/aromatic N) is 4. The van der Waals surface area contributed by atoms with E-state index < -0.39 is 15.8 Å². The zero-order chi connectivity index (χ0) is 22.6. The van der Waals surface area contributed by atoms with E-state index in [1.54, 1.807) is 29.8 Å². The minimum Gasteiger partial charge on any atom is -0.377 e. The molecule has 3 aromatic rings. The van der Waals surface area contributed by atoms with Gasteiger partial charge < -0.3 is 9.30 Å². The van der Waals surface area contributed by atoms with Crippen molar-refractivity contribution in [3.63, 3.8) is 0 Å². The van der Waals surface area contributed by atoms with Gasteiger partial charge in [0.05, 0.1) is 15.6 Å². The van der Waals surface area contributed by atoms with Crippen molar-refractivity contribution in [2.24, 2.45) is 7.05 Å². The summed E-state index contributed by atoms with van der Waals surface area (Å²) in [6.45, 7) is 2.34. The van der Waals surface area contributed by atoms with Crippen LogP contribution in [0.2, 0.25) is 5.02 Å². The minimum atomic E-state index is -3.96. The van der Waals surface area contributed by atoms with Crippen molar-refractivity contribution in [3.8, 4) is 11.4 Å². The van der Waals surface area contributed by atoms with Crippen LogP contribution in [0, 0.1) is 5.82 Å². The summed E-state index contributed by atoms with van der Waals surface area (Å²) in [5.41, 5.74) is 0.512. The fraction of sp³-hybridized carbons (Fsp3) is 0.333. The van der Waals surface area contributed by atoms with E-state index in [0.717, 1.165) is 12.5 Å². The van der Waals surface area contributed by atoms with Gasteiger partial charge in [0, 0.05) is 32.3 Å². The number of sulfonamides is 1. The molecule has 0 saturated heterocycles. The van der Waals surface area contributed by atoms with Crippen molar-refractivity contribution >= 4 is 27.3 Å². The second-order valence-electron chi connectivity index (χ2n) is 6.96. The first kappa shape index (κ1) is 23.2. The molecule has 0 aliphatic rings. The van der Waals surface area contributed by atoms with Crippen molar-refractivity contribution in [2.45, 2.75) is 31.3 Å². The van der Waals surface area contributed by atoms with Crippen LogP contribution in [-0.4, -0.2) is 36.8 Å². The molecule has 166 valence electrons. The third-order valence-electron chi connectivity index (χ3n) is 4.83. The van der Waals surface area contributed by atoms with Gasteiger partial charge in [0.2, 0.25) is 0 Å². The quantitative estimate of drug-likeness (QED) is 0.466. The van der Waals surface area contributed by atoms with E-state index >= 15 is 0 Å². The molecule has 2 aromatic carbocycles. The number of anilines is 1. The highest BCUT2D eigenvalue weighted by Gasteiger charge is 2.29. The summed E-state index contributed by atoms with van der Waals surface area (Å²) in [6, 6.07) is 10.6. The first-order valence-electron chi connectivity index (χ1n) is 9.75. The second kappa shape index (κ2) is 9.76. The van der Waals surface area contributed by atoms with E-state index in [1.165, 1.54) is 29.6 Å². The monoisotopic (exact) mass is 466 g/mol. The smallest absolute Gasteiger partial charge is 0.264 e. The maximum absolute atomic E-state index is 14.6. The van der Waals surface area contributed by atoms with Gasteiger partial charge in [-0.05, 0) is 24.6 Å². The summed E-state index contributed by atoms with van der Waals surface area (Å²) in [5, 5.41) is 8.15. The van der Waals surface area contributed by atoms with Crippen molar-refractivity contribution in [1.82, 2.24) is 14.8 Å². The van der Waals surface area contributed by atoms with Crippen LogP contribution in [0.3, 0.4) is 0 Å². The average Bonchev–Trinajstić information content (AvgIpc) is 3.11. The molecule has 3 rings (SSSR count). The second-order valence-corrected chi connectivity index (χ2v) is 9.23. The average molecular weight is 467 g/mol. The molecule has 0 radical (unpaired) electrons. The predicted molar refractivity (Wildman–Crippen MR) is 118 cm³/mol. The number of methoxy groups -OCH3 is 1. The van der Waals surface area contributed by atoms with Crippen LogP contribution >= 0.6 is 11.6 Å². The van der Waals surface area contributed by atoms with Gasteiger partial charge in [-0.3, -0.25) is 4.31 Å². The van der Waals surface area contributed by atoms with Crippen LogP contribution in [0.1, 0.15) is 25.6 Å². The van der Waals surface area contributed by atoms with Crippen molar-refractivity contribution in [2.75, 3.05) is 18.0 Å². The SMILES string of the molecule is CCCCN(c1cc(F)c(Cl)cc1-c1nnc(COC)n1C)S(=O)(=O)c1ccccc1. The Labute approximate surface area is 186 Å². The molecule has 0 amide bonds. The first-order valence-corrected chi connectivity index (χ1v) is 11.6. The maximum atomic E-state index is 14.6. The Kier molecular flexibility index (Phi) is 7.30. The largest absolute Gasteiger partial charge is 0.377 e. The van der Waals surface area contributed by atoms with Crippen LogP contribution in [0.4, 0.5) is 10.1 Å². The van der Waals surface area contributed by atoms with Gasteiger partial charge in [-0.15, -0.1) is 10.2 Å². The zero-order valence-electron chi connectivity index (χ0n) is 17.5. The molecule has 0 N–H and O–H groups in total. The molecular formula is C21H24ClFN4O3S. The molecule has 1 aromatic heterocycles. The van der Waals surface area contributed by atoms with E-state index in [9.17, 15) is 12.8 Å². The minimum absolute atomic E-state index is 0.116. The number of hydrogen-bond donors (Lipinski definition) is 0. The Morgan fingerprint density at radius 2 is 1.90 bits per heavy atom. The van der Waals surface area contributed by atoms with Crippen LogP contribution in [-0.2, 0) is 28.4 Å². The molecule has 0 aliphatic carbocycles. The van der Waals surface area contributed by atoms with E-state index in [2.05, 4.69) is 10.2 Å². The maximum Gasteiger partial charge on any atom is 0.264 e. The van der Waals surface area contributed by atoms with Gasteiger partial charge in [-0.2, -0.15) is 0 Å². The fourth-order valence-electron chi connectivity index (χ4n) is 3.16. The molecule has 31 heavy (non-hydrogen) atoms. The lowest BCUT2D eigenvalue weighted by atomic mass is 10.1. The Balaban J connectivity index is 2.23. The molecule has 0 atom stereocenters. The number of ether oxygens (including phenoxy) is 1. The highest BCUT2D eigenvalue weighted by molar-refractivity contribution is 7.92. The van der Waals surface area contributed by atoms with Gasteiger partial charge >= 0.3 is 0 Å². The highest BCUT2D eigenvalue weighted by atomic mass is 35.5. The molecule has 0 bridgehead atoms. The van der Waals surface area contributed by atoms with Gasteiger partial charge in [0.25, 0.3) is 10.0 Å². The van der Waals surface area contributed by atoms with Gasteiger partial charge in [0.1, 0.15) is 12.4 Å². The summed E-state index contributed by atoms with van der Waals surface area (Å²) in [5.74, 6) is 0.174. The van der Waals surface area contributed by atoms with Gasteiger partial charge in [-0.1, -0.05) is 43.1 Å². The molecule has 10 heteroatoms. The molecule has 0 fully saturated rings. The Morgan fingerprint density at radius 3 is 2.55 bits per heavy atom. The Hall–Kier alpha value is -2.49. The molecule has 7 nitrogen and oxygen atoms in total. The van der Waals surface area contributed by atoms with Crippen LogP contribution in [0.15, 0.2) is 47.4 Å².